The van der Waals surface area contributed by atoms with E-state index in [1.807, 2.05) is 0 Å². The van der Waals surface area contributed by atoms with Crippen LogP contribution in [-0.4, -0.2) is 6.61 Å². The molecule has 0 spiro atoms. The van der Waals surface area contributed by atoms with Gasteiger partial charge in [-0.3, -0.25) is 0 Å². The predicted octanol–water partition coefficient (Wildman–Crippen LogP) is 10.6. The molecule has 0 bridgehead atoms. The van der Waals surface area contributed by atoms with E-state index >= 15 is 0 Å². The second-order valence-electron chi connectivity index (χ2n) is 11.0. The molecule has 0 saturated heterocycles. The highest BCUT2D eigenvalue weighted by atomic mass is 16.5. The SMILES string of the molecule is CCCCCCCCCCC1CCC(c2ccc(-c3ccc(OCC(C)CC)cc3)cc2)CC1. The minimum absolute atomic E-state index is 0.604. The molecule has 0 radical (unpaired) electrons. The van der Waals surface area contributed by atoms with Gasteiger partial charge in [0.1, 0.15) is 5.75 Å². The van der Waals surface area contributed by atoms with Gasteiger partial charge >= 0.3 is 0 Å². The summed E-state index contributed by atoms with van der Waals surface area (Å²) < 4.78 is 5.91. The fourth-order valence-electron chi connectivity index (χ4n) is 5.40. The van der Waals surface area contributed by atoms with Crippen LogP contribution in [0.15, 0.2) is 48.5 Å². The molecule has 0 amide bonds. The Balaban J connectivity index is 1.36. The van der Waals surface area contributed by atoms with Crippen molar-refractivity contribution in [1.82, 2.24) is 0 Å². The van der Waals surface area contributed by atoms with Gasteiger partial charge in [-0.1, -0.05) is 121 Å². The first-order valence-electron chi connectivity index (χ1n) is 14.5. The fraction of sp³-hybridized carbons (Fsp3) is 0.636. The van der Waals surface area contributed by atoms with E-state index in [1.54, 1.807) is 5.56 Å². The van der Waals surface area contributed by atoms with E-state index in [1.165, 1.54) is 94.6 Å². The summed E-state index contributed by atoms with van der Waals surface area (Å²) in [5, 5.41) is 0. The van der Waals surface area contributed by atoms with Gasteiger partial charge in [-0.15, -0.1) is 0 Å². The smallest absolute Gasteiger partial charge is 0.119 e. The Bertz CT molecular complexity index is 767. The molecule has 0 N–H and O–H groups in total. The Kier molecular flexibility index (Phi) is 12.1. The van der Waals surface area contributed by atoms with Gasteiger partial charge in [0.15, 0.2) is 0 Å². The van der Waals surface area contributed by atoms with Crippen molar-refractivity contribution in [2.75, 3.05) is 6.61 Å². The molecule has 1 atom stereocenters. The molecule has 2 aromatic carbocycles. The summed E-state index contributed by atoms with van der Waals surface area (Å²) in [7, 11) is 0. The fourth-order valence-corrected chi connectivity index (χ4v) is 5.40. The average molecular weight is 463 g/mol. The number of rotatable bonds is 15. The first kappa shape index (κ1) is 26.8. The molecule has 1 saturated carbocycles. The maximum absolute atomic E-state index is 5.91. The van der Waals surface area contributed by atoms with Crippen LogP contribution in [0, 0.1) is 11.8 Å². The molecule has 1 unspecified atom stereocenters. The van der Waals surface area contributed by atoms with Crippen LogP contribution in [0.3, 0.4) is 0 Å². The second-order valence-corrected chi connectivity index (χ2v) is 11.0. The largest absolute Gasteiger partial charge is 0.493 e. The summed E-state index contributed by atoms with van der Waals surface area (Å²) in [6.07, 6.45) is 19.8. The molecule has 188 valence electrons. The van der Waals surface area contributed by atoms with Crippen LogP contribution in [0.1, 0.15) is 122 Å². The van der Waals surface area contributed by atoms with Crippen LogP contribution < -0.4 is 4.74 Å². The predicted molar refractivity (Wildman–Crippen MR) is 149 cm³/mol. The minimum Gasteiger partial charge on any atom is -0.493 e. The topological polar surface area (TPSA) is 9.23 Å². The molecule has 34 heavy (non-hydrogen) atoms. The summed E-state index contributed by atoms with van der Waals surface area (Å²) >= 11 is 0. The van der Waals surface area contributed by atoms with Crippen LogP contribution in [0.25, 0.3) is 11.1 Å². The zero-order chi connectivity index (χ0) is 24.0. The Labute approximate surface area is 210 Å². The maximum Gasteiger partial charge on any atom is 0.119 e. The molecule has 0 heterocycles. The first-order valence-corrected chi connectivity index (χ1v) is 14.5. The minimum atomic E-state index is 0.604. The Hall–Kier alpha value is -1.76. The van der Waals surface area contributed by atoms with Crippen molar-refractivity contribution in [1.29, 1.82) is 0 Å². The third-order valence-electron chi connectivity index (χ3n) is 8.11. The quantitative estimate of drug-likeness (QED) is 0.239. The van der Waals surface area contributed by atoms with Crippen molar-refractivity contribution in [3.05, 3.63) is 54.1 Å². The first-order chi connectivity index (χ1) is 16.7. The number of unbranched alkanes of at least 4 members (excludes halogenated alkanes) is 7. The highest BCUT2D eigenvalue weighted by Crippen LogP contribution is 2.38. The van der Waals surface area contributed by atoms with E-state index in [0.717, 1.165) is 30.6 Å². The molecule has 1 aliphatic rings. The van der Waals surface area contributed by atoms with Crippen molar-refractivity contribution >= 4 is 0 Å². The van der Waals surface area contributed by atoms with Gasteiger partial charge in [0.25, 0.3) is 0 Å². The summed E-state index contributed by atoms with van der Waals surface area (Å²) in [5.74, 6) is 3.33. The van der Waals surface area contributed by atoms with Gasteiger partial charge in [-0.05, 0) is 72.3 Å². The molecular formula is C33H50O. The Morgan fingerprint density at radius 1 is 0.706 bits per heavy atom. The number of hydrogen-bond acceptors (Lipinski definition) is 1. The van der Waals surface area contributed by atoms with Crippen molar-refractivity contribution in [3.8, 4) is 16.9 Å². The zero-order valence-electron chi connectivity index (χ0n) is 22.4. The molecule has 2 aromatic rings. The lowest BCUT2D eigenvalue weighted by Gasteiger charge is -2.29. The van der Waals surface area contributed by atoms with E-state index in [-0.39, 0.29) is 0 Å². The molecule has 3 rings (SSSR count). The maximum atomic E-state index is 5.91. The van der Waals surface area contributed by atoms with E-state index in [4.69, 9.17) is 4.74 Å². The van der Waals surface area contributed by atoms with Gasteiger partial charge < -0.3 is 4.74 Å². The number of benzene rings is 2. The third kappa shape index (κ3) is 9.12. The van der Waals surface area contributed by atoms with Crippen LogP contribution in [-0.2, 0) is 0 Å². The summed E-state index contributed by atoms with van der Waals surface area (Å²) in [5.41, 5.74) is 4.12. The van der Waals surface area contributed by atoms with Gasteiger partial charge in [-0.25, -0.2) is 0 Å². The molecule has 1 heteroatoms. The van der Waals surface area contributed by atoms with Crippen molar-refractivity contribution in [3.63, 3.8) is 0 Å². The normalized spacial score (nSPS) is 19.1. The Morgan fingerprint density at radius 3 is 1.85 bits per heavy atom. The lowest BCUT2D eigenvalue weighted by Crippen LogP contribution is -2.13. The number of hydrogen-bond donors (Lipinski definition) is 0. The highest BCUT2D eigenvalue weighted by molar-refractivity contribution is 5.64. The van der Waals surface area contributed by atoms with E-state index < -0.39 is 0 Å². The van der Waals surface area contributed by atoms with Gasteiger partial charge in [0, 0.05) is 0 Å². The molecule has 0 aliphatic heterocycles. The van der Waals surface area contributed by atoms with Gasteiger partial charge in [0.2, 0.25) is 0 Å². The summed E-state index contributed by atoms with van der Waals surface area (Å²) in [4.78, 5) is 0. The van der Waals surface area contributed by atoms with E-state index in [2.05, 4.69) is 69.3 Å². The van der Waals surface area contributed by atoms with E-state index in [9.17, 15) is 0 Å². The molecule has 1 nitrogen and oxygen atoms in total. The number of ether oxygens (including phenoxy) is 1. The summed E-state index contributed by atoms with van der Waals surface area (Å²) in [6, 6.07) is 18.0. The monoisotopic (exact) mass is 462 g/mol. The van der Waals surface area contributed by atoms with Crippen molar-refractivity contribution < 1.29 is 4.74 Å². The van der Waals surface area contributed by atoms with E-state index in [0.29, 0.717) is 5.92 Å². The van der Waals surface area contributed by atoms with Crippen LogP contribution in [0.2, 0.25) is 0 Å². The van der Waals surface area contributed by atoms with Gasteiger partial charge in [-0.2, -0.15) is 0 Å². The molecule has 1 aliphatic carbocycles. The van der Waals surface area contributed by atoms with Crippen LogP contribution >= 0.6 is 0 Å². The zero-order valence-corrected chi connectivity index (χ0v) is 22.4. The van der Waals surface area contributed by atoms with Crippen LogP contribution in [0.5, 0.6) is 5.75 Å². The summed E-state index contributed by atoms with van der Waals surface area (Å²) in [6.45, 7) is 7.55. The molecular weight excluding hydrogens is 412 g/mol. The average Bonchev–Trinajstić information content (AvgIpc) is 2.89. The molecule has 0 aromatic heterocycles. The van der Waals surface area contributed by atoms with Crippen molar-refractivity contribution in [2.24, 2.45) is 11.8 Å². The lowest BCUT2D eigenvalue weighted by molar-refractivity contribution is 0.256. The van der Waals surface area contributed by atoms with Gasteiger partial charge in [0.05, 0.1) is 6.61 Å². The lowest BCUT2D eigenvalue weighted by atomic mass is 9.77. The Morgan fingerprint density at radius 2 is 1.26 bits per heavy atom. The standard InChI is InChI=1S/C33H50O/c1-4-6-7-8-9-10-11-12-13-28-14-16-29(17-15-28)30-18-20-31(21-19-30)32-22-24-33(25-23-32)34-26-27(3)5-2/h18-25,27-29H,4-17,26H2,1-3H3. The van der Waals surface area contributed by atoms with Crippen molar-refractivity contribution in [2.45, 2.75) is 117 Å². The van der Waals surface area contributed by atoms with Crippen LogP contribution in [0.4, 0.5) is 0 Å². The second kappa shape index (κ2) is 15.3. The third-order valence-corrected chi connectivity index (χ3v) is 8.11. The highest BCUT2D eigenvalue weighted by Gasteiger charge is 2.22. The molecule has 1 fully saturated rings.